The first-order chi connectivity index (χ1) is 15.8. The van der Waals surface area contributed by atoms with Gasteiger partial charge in [-0.05, 0) is 31.2 Å². The average Bonchev–Trinajstić information content (AvgIpc) is 3.20. The molecule has 1 aromatic heterocycles. The lowest BCUT2D eigenvalue weighted by Crippen LogP contribution is -2.39. The van der Waals surface area contributed by atoms with Gasteiger partial charge in [0.15, 0.2) is 22.5 Å². The van der Waals surface area contributed by atoms with Crippen molar-refractivity contribution in [1.82, 2.24) is 20.1 Å². The van der Waals surface area contributed by atoms with Gasteiger partial charge < -0.3 is 19.9 Å². The number of amides is 3. The Morgan fingerprint density at radius 1 is 1.09 bits per heavy atom. The summed E-state index contributed by atoms with van der Waals surface area (Å²) in [5.41, 5.74) is 5.69. The van der Waals surface area contributed by atoms with E-state index in [1.54, 1.807) is 37.3 Å². The number of rotatable bonds is 8. The summed E-state index contributed by atoms with van der Waals surface area (Å²) in [5, 5.41) is 9.86. The lowest BCUT2D eigenvalue weighted by molar-refractivity contribution is -0.119. The molecule has 1 atom stereocenters. The molecule has 0 saturated carbocycles. The number of nitrogens with one attached hydrogen (secondary N) is 1. The molecule has 3 rings (SSSR count). The first kappa shape index (κ1) is 23.9. The molecular formula is C21H22FN5O5S. The van der Waals surface area contributed by atoms with Crippen molar-refractivity contribution in [3.8, 4) is 34.3 Å². The number of carbonyl (C=O) groups is 2. The van der Waals surface area contributed by atoms with Crippen LogP contribution < -0.4 is 25.3 Å². The molecule has 0 bridgehead atoms. The molecule has 3 amide bonds. The van der Waals surface area contributed by atoms with Crippen LogP contribution in [0, 0.1) is 5.82 Å². The number of urea groups is 1. The Morgan fingerprint density at radius 3 is 2.27 bits per heavy atom. The summed E-state index contributed by atoms with van der Waals surface area (Å²) in [6, 6.07) is 8.40. The van der Waals surface area contributed by atoms with Crippen LogP contribution in [0.25, 0.3) is 17.1 Å². The fourth-order valence-electron chi connectivity index (χ4n) is 3.03. The number of imide groups is 1. The van der Waals surface area contributed by atoms with Crippen LogP contribution >= 0.6 is 11.8 Å². The van der Waals surface area contributed by atoms with E-state index in [0.717, 1.165) is 11.8 Å². The second-order valence-corrected chi connectivity index (χ2v) is 7.93. The molecule has 1 unspecified atom stereocenters. The van der Waals surface area contributed by atoms with E-state index in [9.17, 15) is 14.0 Å². The number of nitrogens with zero attached hydrogens (tertiary/aromatic N) is 3. The molecule has 2 aromatic carbocycles. The van der Waals surface area contributed by atoms with Gasteiger partial charge in [0.05, 0.1) is 32.3 Å². The van der Waals surface area contributed by atoms with E-state index in [0.29, 0.717) is 22.8 Å². The van der Waals surface area contributed by atoms with Crippen LogP contribution in [0.5, 0.6) is 17.2 Å². The predicted octanol–water partition coefficient (Wildman–Crippen LogP) is 2.77. The van der Waals surface area contributed by atoms with E-state index in [1.165, 1.54) is 32.0 Å². The molecule has 3 N–H and O–H groups in total. The van der Waals surface area contributed by atoms with E-state index in [1.807, 2.05) is 5.32 Å². The minimum absolute atomic E-state index is 0.163. The average molecular weight is 476 g/mol. The maximum absolute atomic E-state index is 14.8. The molecule has 0 fully saturated rings. The van der Waals surface area contributed by atoms with Gasteiger partial charge in [0, 0.05) is 5.56 Å². The SMILES string of the molecule is COc1cc(-c2nnc(SC(C)C(=O)NC(N)=O)n2-c2ccccc2F)cc(OC)c1OC. The van der Waals surface area contributed by atoms with E-state index >= 15 is 0 Å². The highest BCUT2D eigenvalue weighted by Gasteiger charge is 2.25. The van der Waals surface area contributed by atoms with Gasteiger partial charge in [0.2, 0.25) is 11.7 Å². The third-order valence-corrected chi connectivity index (χ3v) is 5.59. The number of methoxy groups -OCH3 is 3. The molecular weight excluding hydrogens is 453 g/mol. The molecule has 0 aliphatic rings. The molecule has 0 saturated heterocycles. The molecule has 0 aliphatic carbocycles. The summed E-state index contributed by atoms with van der Waals surface area (Å²) in [6.07, 6.45) is 0. The Bertz CT molecular complexity index is 1160. The first-order valence-electron chi connectivity index (χ1n) is 9.58. The largest absolute Gasteiger partial charge is 0.493 e. The molecule has 3 aromatic rings. The van der Waals surface area contributed by atoms with Crippen molar-refractivity contribution in [1.29, 1.82) is 0 Å². The molecule has 0 spiro atoms. The van der Waals surface area contributed by atoms with Crippen molar-refractivity contribution in [3.63, 3.8) is 0 Å². The number of aromatic nitrogens is 3. The van der Waals surface area contributed by atoms with Crippen LogP contribution in [0.4, 0.5) is 9.18 Å². The van der Waals surface area contributed by atoms with Gasteiger partial charge in [-0.1, -0.05) is 23.9 Å². The van der Waals surface area contributed by atoms with Crippen molar-refractivity contribution >= 4 is 23.7 Å². The van der Waals surface area contributed by atoms with E-state index in [-0.39, 0.29) is 16.7 Å². The highest BCUT2D eigenvalue weighted by molar-refractivity contribution is 8.00. The zero-order chi connectivity index (χ0) is 24.1. The topological polar surface area (TPSA) is 131 Å². The van der Waals surface area contributed by atoms with Crippen LogP contribution in [0.1, 0.15) is 6.92 Å². The van der Waals surface area contributed by atoms with E-state index in [4.69, 9.17) is 19.9 Å². The van der Waals surface area contributed by atoms with Crippen molar-refractivity contribution in [2.24, 2.45) is 5.73 Å². The van der Waals surface area contributed by atoms with Gasteiger partial charge in [0.1, 0.15) is 5.82 Å². The molecule has 10 nitrogen and oxygen atoms in total. The van der Waals surface area contributed by atoms with Crippen molar-refractivity contribution in [2.75, 3.05) is 21.3 Å². The third-order valence-electron chi connectivity index (χ3n) is 4.55. The number of ether oxygens (including phenoxy) is 3. The molecule has 12 heteroatoms. The molecule has 0 aliphatic heterocycles. The highest BCUT2D eigenvalue weighted by atomic mass is 32.2. The number of nitrogens with two attached hydrogens (primary N) is 1. The zero-order valence-electron chi connectivity index (χ0n) is 18.3. The second-order valence-electron chi connectivity index (χ2n) is 6.62. The number of carbonyl (C=O) groups excluding carboxylic acids is 2. The molecule has 1 heterocycles. The van der Waals surface area contributed by atoms with E-state index < -0.39 is 23.0 Å². The Balaban J connectivity index is 2.17. The maximum atomic E-state index is 14.8. The summed E-state index contributed by atoms with van der Waals surface area (Å²) < 4.78 is 32.5. The minimum Gasteiger partial charge on any atom is -0.493 e. The van der Waals surface area contributed by atoms with Crippen molar-refractivity contribution in [3.05, 3.63) is 42.2 Å². The molecule has 174 valence electrons. The number of halogens is 1. The zero-order valence-corrected chi connectivity index (χ0v) is 19.1. The third kappa shape index (κ3) is 5.00. The van der Waals surface area contributed by atoms with E-state index in [2.05, 4.69) is 10.2 Å². The van der Waals surface area contributed by atoms with Gasteiger partial charge in [0.25, 0.3) is 0 Å². The summed E-state index contributed by atoms with van der Waals surface area (Å²) in [5.74, 6) is 0.250. The second kappa shape index (κ2) is 10.2. The Morgan fingerprint density at radius 2 is 1.73 bits per heavy atom. The van der Waals surface area contributed by atoms with Gasteiger partial charge in [-0.2, -0.15) is 0 Å². The fourth-order valence-corrected chi connectivity index (χ4v) is 3.89. The normalized spacial score (nSPS) is 11.5. The highest BCUT2D eigenvalue weighted by Crippen LogP contribution is 2.42. The van der Waals surface area contributed by atoms with Gasteiger partial charge in [-0.3, -0.25) is 14.7 Å². The molecule has 0 radical (unpaired) electrons. The van der Waals surface area contributed by atoms with Crippen molar-refractivity contribution < 1.29 is 28.2 Å². The van der Waals surface area contributed by atoms with Crippen LogP contribution in [0.2, 0.25) is 0 Å². The number of hydrogen-bond donors (Lipinski definition) is 2. The van der Waals surface area contributed by atoms with Gasteiger partial charge in [-0.15, -0.1) is 10.2 Å². The fraction of sp³-hybridized carbons (Fsp3) is 0.238. The summed E-state index contributed by atoms with van der Waals surface area (Å²) >= 11 is 0.983. The van der Waals surface area contributed by atoms with Crippen molar-refractivity contribution in [2.45, 2.75) is 17.3 Å². The van der Waals surface area contributed by atoms with Gasteiger partial charge >= 0.3 is 6.03 Å². The Kier molecular flexibility index (Phi) is 7.38. The summed E-state index contributed by atoms with van der Waals surface area (Å²) in [4.78, 5) is 23.2. The first-order valence-corrected chi connectivity index (χ1v) is 10.5. The maximum Gasteiger partial charge on any atom is 0.318 e. The van der Waals surface area contributed by atoms with Crippen LogP contribution in [0.3, 0.4) is 0 Å². The van der Waals surface area contributed by atoms with Crippen LogP contribution in [0.15, 0.2) is 41.6 Å². The number of primary amides is 1. The quantitative estimate of drug-likeness (QED) is 0.476. The number of benzene rings is 2. The minimum atomic E-state index is -0.971. The Labute approximate surface area is 193 Å². The van der Waals surface area contributed by atoms with Crippen LogP contribution in [-0.2, 0) is 4.79 Å². The Hall–Kier alpha value is -3.80. The lowest BCUT2D eigenvalue weighted by Gasteiger charge is -2.16. The summed E-state index contributed by atoms with van der Waals surface area (Å²) in [7, 11) is 4.43. The monoisotopic (exact) mass is 475 g/mol. The van der Waals surface area contributed by atoms with Crippen LogP contribution in [-0.4, -0.2) is 53.3 Å². The number of para-hydroxylation sites is 1. The molecule has 33 heavy (non-hydrogen) atoms. The smallest absolute Gasteiger partial charge is 0.318 e. The standard InChI is InChI=1S/C21H22FN5O5S/c1-11(19(28)24-20(23)29)33-21-26-25-18(27(21)14-8-6-5-7-13(14)22)12-9-15(30-2)17(32-4)16(10-12)31-3/h5-11H,1-4H3,(H3,23,24,28,29). The van der Waals surface area contributed by atoms with Gasteiger partial charge in [-0.25, -0.2) is 9.18 Å². The number of thioether (sulfide) groups is 1. The summed E-state index contributed by atoms with van der Waals surface area (Å²) in [6.45, 7) is 1.56. The number of hydrogen-bond acceptors (Lipinski definition) is 8. The predicted molar refractivity (Wildman–Crippen MR) is 119 cm³/mol. The lowest BCUT2D eigenvalue weighted by atomic mass is 10.1.